The van der Waals surface area contributed by atoms with Crippen molar-refractivity contribution in [2.45, 2.75) is 65.0 Å². The molecule has 0 aromatic carbocycles. The molecule has 1 aliphatic rings. The van der Waals surface area contributed by atoms with E-state index < -0.39 is 5.60 Å². The molecule has 1 saturated carbocycles. The molecule has 0 aromatic heterocycles. The summed E-state index contributed by atoms with van der Waals surface area (Å²) < 4.78 is 15.6. The highest BCUT2D eigenvalue weighted by Gasteiger charge is 2.49. The molecular formula is C15H30N2O4. The number of alkyl carbamates (subject to hydrolysis) is 1. The van der Waals surface area contributed by atoms with Gasteiger partial charge in [0, 0.05) is 38.3 Å². The van der Waals surface area contributed by atoms with Crippen LogP contribution in [0, 0.1) is 5.41 Å². The lowest BCUT2D eigenvalue weighted by molar-refractivity contribution is -0.105. The summed E-state index contributed by atoms with van der Waals surface area (Å²) in [5.41, 5.74) is -0.511. The summed E-state index contributed by atoms with van der Waals surface area (Å²) in [6, 6.07) is 0.415. The minimum atomic E-state index is -0.472. The first kappa shape index (κ1) is 18.2. The van der Waals surface area contributed by atoms with Crippen molar-refractivity contribution in [3.8, 4) is 0 Å². The lowest BCUT2D eigenvalue weighted by Crippen LogP contribution is -2.66. The van der Waals surface area contributed by atoms with E-state index >= 15 is 0 Å². The molecule has 2 atom stereocenters. The van der Waals surface area contributed by atoms with Gasteiger partial charge in [0.05, 0.1) is 0 Å². The number of methoxy groups -OCH3 is 2. The van der Waals surface area contributed by atoms with Crippen molar-refractivity contribution in [2.75, 3.05) is 20.8 Å². The Kier molecular flexibility index (Phi) is 6.01. The monoisotopic (exact) mass is 302 g/mol. The third-order valence-corrected chi connectivity index (χ3v) is 4.02. The number of carbonyl (C=O) groups excluding carboxylic acids is 1. The van der Waals surface area contributed by atoms with Gasteiger partial charge >= 0.3 is 6.09 Å². The van der Waals surface area contributed by atoms with E-state index in [1.165, 1.54) is 0 Å². The molecule has 1 amide bonds. The van der Waals surface area contributed by atoms with Crippen LogP contribution < -0.4 is 10.6 Å². The predicted molar refractivity (Wildman–Crippen MR) is 81.2 cm³/mol. The molecule has 0 bridgehead atoms. The van der Waals surface area contributed by atoms with Crippen molar-refractivity contribution in [3.63, 3.8) is 0 Å². The molecule has 0 radical (unpaired) electrons. The first-order valence-corrected chi connectivity index (χ1v) is 7.38. The smallest absolute Gasteiger partial charge is 0.407 e. The van der Waals surface area contributed by atoms with Crippen LogP contribution in [0.1, 0.15) is 41.0 Å². The number of hydrogen-bond acceptors (Lipinski definition) is 5. The second kappa shape index (κ2) is 6.94. The van der Waals surface area contributed by atoms with Gasteiger partial charge in [-0.05, 0) is 27.2 Å². The van der Waals surface area contributed by atoms with Gasteiger partial charge in [0.25, 0.3) is 0 Å². The van der Waals surface area contributed by atoms with Crippen molar-refractivity contribution in [1.82, 2.24) is 10.6 Å². The van der Waals surface area contributed by atoms with Crippen molar-refractivity contribution in [3.05, 3.63) is 0 Å². The van der Waals surface area contributed by atoms with Crippen molar-refractivity contribution >= 4 is 6.09 Å². The minimum Gasteiger partial charge on any atom is -0.444 e. The van der Waals surface area contributed by atoms with Crippen LogP contribution in [0.2, 0.25) is 0 Å². The minimum absolute atomic E-state index is 0.0388. The van der Waals surface area contributed by atoms with Gasteiger partial charge in [0.15, 0.2) is 6.29 Å². The number of carbonyl (C=O) groups is 1. The van der Waals surface area contributed by atoms with Gasteiger partial charge < -0.3 is 24.8 Å². The van der Waals surface area contributed by atoms with E-state index in [1.807, 2.05) is 20.8 Å². The summed E-state index contributed by atoms with van der Waals surface area (Å²) in [5.74, 6) is 0. The Morgan fingerprint density at radius 3 is 2.24 bits per heavy atom. The number of nitrogens with one attached hydrogen (secondary N) is 2. The van der Waals surface area contributed by atoms with Crippen LogP contribution in [0.25, 0.3) is 0 Å². The lowest BCUT2D eigenvalue weighted by Gasteiger charge is -2.52. The fourth-order valence-corrected chi connectivity index (χ4v) is 2.47. The summed E-state index contributed by atoms with van der Waals surface area (Å²) in [5, 5.41) is 6.37. The second-order valence-electron chi connectivity index (χ2n) is 7.12. The lowest BCUT2D eigenvalue weighted by atomic mass is 9.63. The van der Waals surface area contributed by atoms with Crippen LogP contribution >= 0.6 is 0 Å². The summed E-state index contributed by atoms with van der Waals surface area (Å²) in [7, 11) is 3.24. The highest BCUT2D eigenvalue weighted by Crippen LogP contribution is 2.40. The summed E-state index contributed by atoms with van der Waals surface area (Å²) >= 11 is 0. The number of amides is 1. The van der Waals surface area contributed by atoms with Crippen LogP contribution in [0.4, 0.5) is 4.79 Å². The van der Waals surface area contributed by atoms with Crippen LogP contribution in [0.15, 0.2) is 0 Å². The average Bonchev–Trinajstić information content (AvgIpc) is 2.35. The molecule has 0 heterocycles. The maximum Gasteiger partial charge on any atom is 0.407 e. The predicted octanol–water partition coefficient (Wildman–Crippen LogP) is 1.89. The zero-order chi connectivity index (χ0) is 16.3. The van der Waals surface area contributed by atoms with E-state index in [4.69, 9.17) is 14.2 Å². The topological polar surface area (TPSA) is 68.8 Å². The van der Waals surface area contributed by atoms with Gasteiger partial charge in [-0.3, -0.25) is 0 Å². The molecule has 1 rings (SSSR count). The highest BCUT2D eigenvalue weighted by atomic mass is 16.7. The Morgan fingerprint density at radius 2 is 1.81 bits per heavy atom. The Morgan fingerprint density at radius 1 is 1.24 bits per heavy atom. The number of ether oxygens (including phenoxy) is 3. The third kappa shape index (κ3) is 5.13. The molecule has 124 valence electrons. The van der Waals surface area contributed by atoms with E-state index in [9.17, 15) is 4.79 Å². The van der Waals surface area contributed by atoms with Gasteiger partial charge in [0.2, 0.25) is 0 Å². The van der Waals surface area contributed by atoms with Crippen molar-refractivity contribution in [2.24, 2.45) is 5.41 Å². The molecule has 0 saturated heterocycles. The van der Waals surface area contributed by atoms with Crippen LogP contribution in [-0.4, -0.2) is 50.8 Å². The van der Waals surface area contributed by atoms with Crippen LogP contribution in [0.3, 0.4) is 0 Å². The van der Waals surface area contributed by atoms with Crippen molar-refractivity contribution in [1.29, 1.82) is 0 Å². The maximum atomic E-state index is 11.8. The number of rotatable bonds is 6. The van der Waals surface area contributed by atoms with Crippen molar-refractivity contribution < 1.29 is 19.0 Å². The quantitative estimate of drug-likeness (QED) is 0.733. The summed E-state index contributed by atoms with van der Waals surface area (Å²) in [6.07, 6.45) is 0.260. The highest BCUT2D eigenvalue weighted by molar-refractivity contribution is 5.68. The molecule has 6 nitrogen and oxygen atoms in total. The van der Waals surface area contributed by atoms with E-state index in [-0.39, 0.29) is 23.8 Å². The van der Waals surface area contributed by atoms with Gasteiger partial charge in [-0.1, -0.05) is 13.8 Å². The summed E-state index contributed by atoms with van der Waals surface area (Å²) in [4.78, 5) is 11.8. The van der Waals surface area contributed by atoms with Gasteiger partial charge in [0.1, 0.15) is 5.60 Å². The normalized spacial score (nSPS) is 24.6. The largest absolute Gasteiger partial charge is 0.444 e. The van der Waals surface area contributed by atoms with Crippen LogP contribution in [-0.2, 0) is 14.2 Å². The van der Waals surface area contributed by atoms with Gasteiger partial charge in [-0.15, -0.1) is 0 Å². The molecular weight excluding hydrogens is 272 g/mol. The molecule has 1 aliphatic carbocycles. The maximum absolute atomic E-state index is 11.8. The third-order valence-electron chi connectivity index (χ3n) is 4.02. The molecule has 6 heteroatoms. The molecule has 2 unspecified atom stereocenters. The SMILES string of the molecule is COC(CNC1CC(NC(=O)OC(C)(C)C)C1(C)C)OC. The first-order chi connectivity index (χ1) is 9.60. The standard InChI is InChI=1S/C15H30N2O4/c1-14(2,3)21-13(18)17-11-8-10(15(11,4)5)16-9-12(19-6)20-7/h10-12,16H,8-9H2,1-7H3,(H,17,18). The Bertz CT molecular complexity index is 348. The fourth-order valence-electron chi connectivity index (χ4n) is 2.47. The van der Waals surface area contributed by atoms with Gasteiger partial charge in [-0.25, -0.2) is 4.79 Å². The molecule has 0 aromatic rings. The van der Waals surface area contributed by atoms with E-state index in [2.05, 4.69) is 24.5 Å². The zero-order valence-corrected chi connectivity index (χ0v) is 14.3. The molecule has 0 aliphatic heterocycles. The van der Waals surface area contributed by atoms with E-state index in [0.29, 0.717) is 12.6 Å². The Balaban J connectivity index is 2.40. The Labute approximate surface area is 127 Å². The zero-order valence-electron chi connectivity index (χ0n) is 14.3. The summed E-state index contributed by atoms with van der Waals surface area (Å²) in [6.45, 7) is 10.5. The molecule has 2 N–H and O–H groups in total. The van der Waals surface area contributed by atoms with E-state index in [1.54, 1.807) is 14.2 Å². The first-order valence-electron chi connectivity index (χ1n) is 7.38. The van der Waals surface area contributed by atoms with Gasteiger partial charge in [-0.2, -0.15) is 0 Å². The fraction of sp³-hybridized carbons (Fsp3) is 0.933. The Hall–Kier alpha value is -0.850. The molecule has 21 heavy (non-hydrogen) atoms. The van der Waals surface area contributed by atoms with E-state index in [0.717, 1.165) is 6.42 Å². The van der Waals surface area contributed by atoms with Crippen LogP contribution in [0.5, 0.6) is 0 Å². The molecule has 0 spiro atoms. The molecule has 1 fully saturated rings. The number of hydrogen-bond donors (Lipinski definition) is 2. The second-order valence-corrected chi connectivity index (χ2v) is 7.12. The average molecular weight is 302 g/mol.